The van der Waals surface area contributed by atoms with Crippen molar-refractivity contribution in [3.05, 3.63) is 35.9 Å². The second kappa shape index (κ2) is 7.60. The van der Waals surface area contributed by atoms with E-state index in [1.165, 1.54) is 25.7 Å². The Balaban J connectivity index is 1.63. The minimum absolute atomic E-state index is 0.0915. The molecular formula is C18H27NO2. The molecule has 1 aliphatic carbocycles. The van der Waals surface area contributed by atoms with E-state index in [4.69, 9.17) is 4.74 Å². The topological polar surface area (TPSA) is 38.3 Å². The molecule has 1 atom stereocenters. The molecule has 1 fully saturated rings. The summed E-state index contributed by atoms with van der Waals surface area (Å²) >= 11 is 0. The van der Waals surface area contributed by atoms with Crippen LogP contribution in [0.4, 0.5) is 0 Å². The van der Waals surface area contributed by atoms with Crippen LogP contribution in [0.15, 0.2) is 30.3 Å². The Morgan fingerprint density at radius 3 is 2.67 bits per heavy atom. The molecule has 0 bridgehead atoms. The van der Waals surface area contributed by atoms with Crippen LogP contribution in [0.5, 0.6) is 0 Å². The molecule has 1 aromatic rings. The molecule has 0 amide bonds. The third-order valence-corrected chi connectivity index (χ3v) is 4.31. The molecule has 116 valence electrons. The fraction of sp³-hybridized carbons (Fsp3) is 0.611. The highest BCUT2D eigenvalue weighted by Gasteiger charge is 2.40. The molecule has 0 heterocycles. The fourth-order valence-electron chi connectivity index (χ4n) is 2.73. The first kappa shape index (κ1) is 16.0. The van der Waals surface area contributed by atoms with E-state index in [9.17, 15) is 4.79 Å². The zero-order valence-electron chi connectivity index (χ0n) is 13.2. The van der Waals surface area contributed by atoms with E-state index < -0.39 is 0 Å². The van der Waals surface area contributed by atoms with Crippen LogP contribution in [0.3, 0.4) is 0 Å². The van der Waals surface area contributed by atoms with Crippen molar-refractivity contribution in [2.75, 3.05) is 13.1 Å². The monoisotopic (exact) mass is 289 g/mol. The molecule has 0 aromatic heterocycles. The summed E-state index contributed by atoms with van der Waals surface area (Å²) in [6, 6.07) is 9.81. The first-order valence-electron chi connectivity index (χ1n) is 8.06. The van der Waals surface area contributed by atoms with Crippen molar-refractivity contribution in [2.45, 2.75) is 46.1 Å². The Morgan fingerprint density at radius 2 is 2.05 bits per heavy atom. The van der Waals surface area contributed by atoms with Gasteiger partial charge >= 0.3 is 5.97 Å². The Hall–Kier alpha value is -1.35. The van der Waals surface area contributed by atoms with Crippen LogP contribution in [-0.4, -0.2) is 19.1 Å². The minimum Gasteiger partial charge on any atom is -0.461 e. The SMILES string of the molecule is CCCC1(CNCC(C)C(=O)OCc2ccccc2)CC1. The van der Waals surface area contributed by atoms with Crippen LogP contribution in [0.2, 0.25) is 0 Å². The molecule has 1 unspecified atom stereocenters. The summed E-state index contributed by atoms with van der Waals surface area (Å²) in [6.07, 6.45) is 5.21. The summed E-state index contributed by atoms with van der Waals surface area (Å²) in [5.41, 5.74) is 1.56. The van der Waals surface area contributed by atoms with Gasteiger partial charge in [-0.05, 0) is 30.2 Å². The van der Waals surface area contributed by atoms with Gasteiger partial charge in [-0.15, -0.1) is 0 Å². The van der Waals surface area contributed by atoms with Gasteiger partial charge in [0.15, 0.2) is 0 Å². The third kappa shape index (κ3) is 5.16. The number of hydrogen-bond acceptors (Lipinski definition) is 3. The lowest BCUT2D eigenvalue weighted by molar-refractivity contribution is -0.149. The lowest BCUT2D eigenvalue weighted by Crippen LogP contribution is -2.32. The van der Waals surface area contributed by atoms with Crippen molar-refractivity contribution in [3.63, 3.8) is 0 Å². The molecule has 0 radical (unpaired) electrons. The van der Waals surface area contributed by atoms with Gasteiger partial charge in [0.25, 0.3) is 0 Å². The van der Waals surface area contributed by atoms with Gasteiger partial charge in [-0.2, -0.15) is 0 Å². The number of esters is 1. The fourth-order valence-corrected chi connectivity index (χ4v) is 2.73. The summed E-state index contributed by atoms with van der Waals surface area (Å²) in [7, 11) is 0. The highest BCUT2D eigenvalue weighted by atomic mass is 16.5. The van der Waals surface area contributed by atoms with Crippen LogP contribution in [0, 0.1) is 11.3 Å². The third-order valence-electron chi connectivity index (χ3n) is 4.31. The van der Waals surface area contributed by atoms with E-state index in [-0.39, 0.29) is 11.9 Å². The van der Waals surface area contributed by atoms with Crippen molar-refractivity contribution in [1.82, 2.24) is 5.32 Å². The lowest BCUT2D eigenvalue weighted by atomic mass is 10.0. The van der Waals surface area contributed by atoms with Gasteiger partial charge in [0.05, 0.1) is 5.92 Å². The van der Waals surface area contributed by atoms with E-state index in [1.807, 2.05) is 37.3 Å². The molecule has 0 saturated heterocycles. The normalized spacial score (nSPS) is 17.2. The maximum absolute atomic E-state index is 12.0. The maximum atomic E-state index is 12.0. The standard InChI is InChI=1S/C18H27NO2/c1-3-9-18(10-11-18)14-19-12-15(2)17(20)21-13-16-7-5-4-6-8-16/h4-8,15,19H,3,9-14H2,1-2H3. The zero-order chi connectivity index (χ0) is 15.1. The summed E-state index contributed by atoms with van der Waals surface area (Å²) < 4.78 is 5.36. The van der Waals surface area contributed by atoms with Gasteiger partial charge in [0.2, 0.25) is 0 Å². The summed E-state index contributed by atoms with van der Waals surface area (Å²) in [4.78, 5) is 12.0. The van der Waals surface area contributed by atoms with Gasteiger partial charge in [-0.25, -0.2) is 0 Å². The van der Waals surface area contributed by atoms with Crippen molar-refractivity contribution in [2.24, 2.45) is 11.3 Å². The predicted octanol–water partition coefficient (Wildman–Crippen LogP) is 3.54. The predicted molar refractivity (Wildman–Crippen MR) is 84.8 cm³/mol. The van der Waals surface area contributed by atoms with Gasteiger partial charge in [0.1, 0.15) is 6.61 Å². The number of carbonyl (C=O) groups is 1. The van der Waals surface area contributed by atoms with Crippen molar-refractivity contribution in [1.29, 1.82) is 0 Å². The Bertz CT molecular complexity index is 440. The van der Waals surface area contributed by atoms with Gasteiger partial charge in [-0.3, -0.25) is 4.79 Å². The molecule has 3 nitrogen and oxygen atoms in total. The Kier molecular flexibility index (Phi) is 5.80. The zero-order valence-corrected chi connectivity index (χ0v) is 13.2. The highest BCUT2D eigenvalue weighted by Crippen LogP contribution is 2.48. The van der Waals surface area contributed by atoms with E-state index in [1.54, 1.807) is 0 Å². The van der Waals surface area contributed by atoms with Crippen molar-refractivity contribution in [3.8, 4) is 0 Å². The van der Waals surface area contributed by atoms with Crippen LogP contribution in [-0.2, 0) is 16.1 Å². The van der Waals surface area contributed by atoms with E-state index in [2.05, 4.69) is 12.2 Å². The second-order valence-corrected chi connectivity index (χ2v) is 6.38. The molecule has 1 N–H and O–H groups in total. The average molecular weight is 289 g/mol. The molecule has 3 heteroatoms. The molecule has 0 spiro atoms. The van der Waals surface area contributed by atoms with Crippen LogP contribution < -0.4 is 5.32 Å². The molecule has 1 aromatic carbocycles. The molecule has 21 heavy (non-hydrogen) atoms. The smallest absolute Gasteiger partial charge is 0.310 e. The molecule has 1 saturated carbocycles. The van der Waals surface area contributed by atoms with Crippen LogP contribution >= 0.6 is 0 Å². The second-order valence-electron chi connectivity index (χ2n) is 6.38. The lowest BCUT2D eigenvalue weighted by Gasteiger charge is -2.17. The van der Waals surface area contributed by atoms with Gasteiger partial charge in [-0.1, -0.05) is 50.6 Å². The number of rotatable bonds is 9. The number of carbonyl (C=O) groups excluding carboxylic acids is 1. The van der Waals surface area contributed by atoms with Crippen molar-refractivity contribution >= 4 is 5.97 Å². The van der Waals surface area contributed by atoms with E-state index in [0.717, 1.165) is 12.1 Å². The van der Waals surface area contributed by atoms with Crippen molar-refractivity contribution < 1.29 is 9.53 Å². The van der Waals surface area contributed by atoms with Gasteiger partial charge in [0, 0.05) is 13.1 Å². The first-order valence-corrected chi connectivity index (χ1v) is 8.06. The molecule has 2 rings (SSSR count). The minimum atomic E-state index is -0.119. The van der Waals surface area contributed by atoms with Crippen LogP contribution in [0.1, 0.15) is 45.1 Å². The van der Waals surface area contributed by atoms with E-state index in [0.29, 0.717) is 18.6 Å². The van der Waals surface area contributed by atoms with Crippen LogP contribution in [0.25, 0.3) is 0 Å². The Morgan fingerprint density at radius 1 is 1.33 bits per heavy atom. The quantitative estimate of drug-likeness (QED) is 0.707. The largest absolute Gasteiger partial charge is 0.461 e. The number of benzene rings is 1. The molecule has 0 aliphatic heterocycles. The maximum Gasteiger partial charge on any atom is 0.310 e. The summed E-state index contributed by atoms with van der Waals surface area (Å²) in [5.74, 6) is -0.210. The number of nitrogens with one attached hydrogen (secondary N) is 1. The molecule has 1 aliphatic rings. The van der Waals surface area contributed by atoms with Gasteiger partial charge < -0.3 is 10.1 Å². The number of ether oxygens (including phenoxy) is 1. The first-order chi connectivity index (χ1) is 10.2. The van der Waals surface area contributed by atoms with E-state index >= 15 is 0 Å². The number of hydrogen-bond donors (Lipinski definition) is 1. The molecular weight excluding hydrogens is 262 g/mol. The Labute approximate surface area is 128 Å². The summed E-state index contributed by atoms with van der Waals surface area (Å²) in [5, 5.41) is 3.45. The highest BCUT2D eigenvalue weighted by molar-refractivity contribution is 5.72. The average Bonchev–Trinajstić information content (AvgIpc) is 3.26. The summed E-state index contributed by atoms with van der Waals surface area (Å²) in [6.45, 7) is 6.28.